The van der Waals surface area contributed by atoms with Crippen LogP contribution in [0.15, 0.2) is 52.9 Å². The largest absolute Gasteiger partial charge is 0.459 e. The van der Waals surface area contributed by atoms with Gasteiger partial charge in [0.05, 0.1) is 6.54 Å². The Morgan fingerprint density at radius 1 is 1.24 bits per heavy atom. The summed E-state index contributed by atoms with van der Waals surface area (Å²) in [5.74, 6) is 0.402. The highest BCUT2D eigenvalue weighted by atomic mass is 19.1. The minimum Gasteiger partial charge on any atom is -0.459 e. The summed E-state index contributed by atoms with van der Waals surface area (Å²) in [7, 11) is 0. The van der Waals surface area contributed by atoms with Crippen molar-refractivity contribution >= 4 is 16.9 Å². The fraction of sp³-hybridized carbons (Fsp3) is 0.250. The van der Waals surface area contributed by atoms with Crippen LogP contribution in [-0.4, -0.2) is 23.9 Å². The summed E-state index contributed by atoms with van der Waals surface area (Å²) in [5.41, 5.74) is 2.59. The minimum absolute atomic E-state index is 0.106. The number of carbonyl (C=O) groups is 1. The molecule has 1 aromatic heterocycles. The van der Waals surface area contributed by atoms with E-state index in [1.807, 2.05) is 36.1 Å². The lowest BCUT2D eigenvalue weighted by molar-refractivity contribution is -0.129. The lowest BCUT2D eigenvalue weighted by atomic mass is 10.0. The van der Waals surface area contributed by atoms with Gasteiger partial charge >= 0.3 is 0 Å². The van der Waals surface area contributed by atoms with Crippen molar-refractivity contribution in [1.29, 1.82) is 0 Å². The van der Waals surface area contributed by atoms with Crippen molar-refractivity contribution in [2.45, 2.75) is 19.5 Å². The minimum atomic E-state index is -0.517. The average Bonchev–Trinajstić information content (AvgIpc) is 2.91. The Hall–Kier alpha value is -2.66. The van der Waals surface area contributed by atoms with Gasteiger partial charge in [0.1, 0.15) is 23.2 Å². The Labute approximate surface area is 145 Å². The number of nitrogens with one attached hydrogen (secondary N) is 1. The van der Waals surface area contributed by atoms with E-state index in [9.17, 15) is 9.18 Å². The molecule has 0 aliphatic carbocycles. The van der Waals surface area contributed by atoms with E-state index in [-0.39, 0.29) is 11.7 Å². The van der Waals surface area contributed by atoms with E-state index in [1.165, 1.54) is 12.1 Å². The van der Waals surface area contributed by atoms with Crippen LogP contribution in [0.2, 0.25) is 0 Å². The predicted molar refractivity (Wildman–Crippen MR) is 93.5 cm³/mol. The van der Waals surface area contributed by atoms with Crippen molar-refractivity contribution in [1.82, 2.24) is 10.2 Å². The van der Waals surface area contributed by atoms with Crippen molar-refractivity contribution in [3.8, 4) is 0 Å². The summed E-state index contributed by atoms with van der Waals surface area (Å²) in [6.07, 6.45) is 0. The van der Waals surface area contributed by atoms with Gasteiger partial charge in [0.2, 0.25) is 5.91 Å². The first-order valence-electron chi connectivity index (χ1n) is 8.38. The van der Waals surface area contributed by atoms with Crippen LogP contribution in [0.4, 0.5) is 4.39 Å². The molecule has 1 saturated heterocycles. The lowest BCUT2D eigenvalue weighted by Crippen LogP contribution is -2.49. The standard InChI is InChI=1S/C20H19FN2O2/c1-13-16-7-2-3-8-17(16)25-18(13)12-23-10-9-22-20(24)19(23)14-5-4-6-15(21)11-14/h2-8,11,19H,9-10,12H2,1H3,(H,22,24)/t19-/m0/s1. The summed E-state index contributed by atoms with van der Waals surface area (Å²) in [6, 6.07) is 13.6. The number of hydrogen-bond donors (Lipinski definition) is 1. The number of rotatable bonds is 3. The molecule has 0 bridgehead atoms. The number of amides is 1. The van der Waals surface area contributed by atoms with Gasteiger partial charge in [0, 0.05) is 18.5 Å². The molecule has 4 rings (SSSR count). The Kier molecular flexibility index (Phi) is 4.01. The number of carbonyl (C=O) groups excluding carboxylic acids is 1. The first-order valence-corrected chi connectivity index (χ1v) is 8.38. The molecule has 25 heavy (non-hydrogen) atoms. The van der Waals surface area contributed by atoms with E-state index >= 15 is 0 Å². The number of fused-ring (bicyclic) bond motifs is 1. The van der Waals surface area contributed by atoms with Gasteiger partial charge in [-0.1, -0.05) is 30.3 Å². The summed E-state index contributed by atoms with van der Waals surface area (Å²) in [4.78, 5) is 14.5. The maximum Gasteiger partial charge on any atom is 0.242 e. The predicted octanol–water partition coefficient (Wildman–Crippen LogP) is 3.55. The molecule has 1 aliphatic rings. The number of hydrogen-bond acceptors (Lipinski definition) is 3. The molecule has 2 aromatic carbocycles. The van der Waals surface area contributed by atoms with Crippen LogP contribution >= 0.6 is 0 Å². The van der Waals surface area contributed by atoms with Crippen LogP contribution in [0, 0.1) is 12.7 Å². The Morgan fingerprint density at radius 2 is 2.08 bits per heavy atom. The SMILES string of the molecule is Cc1c(CN2CCNC(=O)[C@@H]2c2cccc(F)c2)oc2ccccc12. The zero-order valence-electron chi connectivity index (χ0n) is 14.0. The van der Waals surface area contributed by atoms with E-state index in [0.29, 0.717) is 25.2 Å². The molecule has 0 radical (unpaired) electrons. The Morgan fingerprint density at radius 3 is 2.88 bits per heavy atom. The molecule has 2 heterocycles. The third kappa shape index (κ3) is 2.91. The van der Waals surface area contributed by atoms with Gasteiger partial charge < -0.3 is 9.73 Å². The molecule has 1 N–H and O–H groups in total. The van der Waals surface area contributed by atoms with Crippen molar-refractivity contribution in [3.05, 3.63) is 71.2 Å². The van der Waals surface area contributed by atoms with Crippen molar-refractivity contribution in [3.63, 3.8) is 0 Å². The fourth-order valence-electron chi connectivity index (χ4n) is 3.48. The molecule has 4 nitrogen and oxygen atoms in total. The quantitative estimate of drug-likeness (QED) is 0.794. The number of halogens is 1. The van der Waals surface area contributed by atoms with Gasteiger partial charge in [-0.3, -0.25) is 9.69 Å². The molecule has 3 aromatic rings. The topological polar surface area (TPSA) is 45.5 Å². The molecule has 0 saturated carbocycles. The third-order valence-electron chi connectivity index (χ3n) is 4.77. The first-order chi connectivity index (χ1) is 12.1. The maximum atomic E-state index is 13.6. The highest BCUT2D eigenvalue weighted by Gasteiger charge is 2.32. The van der Waals surface area contributed by atoms with Crippen molar-refractivity contribution in [2.75, 3.05) is 13.1 Å². The van der Waals surface area contributed by atoms with E-state index in [2.05, 4.69) is 5.32 Å². The van der Waals surface area contributed by atoms with Crippen molar-refractivity contribution in [2.24, 2.45) is 0 Å². The number of nitrogens with zero attached hydrogens (tertiary/aromatic N) is 1. The summed E-state index contributed by atoms with van der Waals surface area (Å²) in [6.45, 7) is 3.80. The van der Waals surface area contributed by atoms with E-state index in [4.69, 9.17) is 4.42 Å². The van der Waals surface area contributed by atoms with E-state index < -0.39 is 6.04 Å². The van der Waals surface area contributed by atoms with Crippen molar-refractivity contribution < 1.29 is 13.6 Å². The van der Waals surface area contributed by atoms with Gasteiger partial charge in [-0.05, 0) is 36.2 Å². The number of furan rings is 1. The average molecular weight is 338 g/mol. The molecule has 0 spiro atoms. The number of benzene rings is 2. The molecule has 1 aliphatic heterocycles. The lowest BCUT2D eigenvalue weighted by Gasteiger charge is -2.34. The molecule has 1 fully saturated rings. The Balaban J connectivity index is 1.69. The molecule has 0 unspecified atom stereocenters. The molecular weight excluding hydrogens is 319 g/mol. The molecular formula is C20H19FN2O2. The second-order valence-corrected chi connectivity index (χ2v) is 6.37. The zero-order chi connectivity index (χ0) is 17.4. The van der Waals surface area contributed by atoms with Crippen LogP contribution in [0.25, 0.3) is 11.0 Å². The normalized spacial score (nSPS) is 18.5. The molecule has 1 amide bonds. The first kappa shape index (κ1) is 15.8. The second-order valence-electron chi connectivity index (χ2n) is 6.37. The number of para-hydroxylation sites is 1. The zero-order valence-corrected chi connectivity index (χ0v) is 14.0. The van der Waals surface area contributed by atoms with E-state index in [1.54, 1.807) is 12.1 Å². The van der Waals surface area contributed by atoms with Crippen LogP contribution < -0.4 is 5.32 Å². The summed E-state index contributed by atoms with van der Waals surface area (Å²) >= 11 is 0. The van der Waals surface area contributed by atoms with Gasteiger partial charge in [0.15, 0.2) is 0 Å². The van der Waals surface area contributed by atoms with Gasteiger partial charge in [0.25, 0.3) is 0 Å². The van der Waals surface area contributed by atoms with Gasteiger partial charge in [-0.25, -0.2) is 4.39 Å². The van der Waals surface area contributed by atoms with Gasteiger partial charge in [-0.2, -0.15) is 0 Å². The Bertz CT molecular complexity index is 934. The smallest absolute Gasteiger partial charge is 0.242 e. The molecule has 128 valence electrons. The summed E-state index contributed by atoms with van der Waals surface area (Å²) in [5, 5.41) is 3.96. The van der Waals surface area contributed by atoms with Crippen LogP contribution in [0.1, 0.15) is 22.9 Å². The van der Waals surface area contributed by atoms with Crippen LogP contribution in [-0.2, 0) is 11.3 Å². The highest BCUT2D eigenvalue weighted by molar-refractivity contribution is 5.84. The number of aryl methyl sites for hydroxylation is 1. The van der Waals surface area contributed by atoms with Gasteiger partial charge in [-0.15, -0.1) is 0 Å². The molecule has 5 heteroatoms. The third-order valence-corrected chi connectivity index (χ3v) is 4.77. The summed E-state index contributed by atoms with van der Waals surface area (Å²) < 4.78 is 19.6. The molecule has 1 atom stereocenters. The van der Waals surface area contributed by atoms with E-state index in [0.717, 1.165) is 22.3 Å². The van der Waals surface area contributed by atoms with Crippen LogP contribution in [0.3, 0.4) is 0 Å². The number of piperazine rings is 1. The second kappa shape index (κ2) is 6.33. The monoisotopic (exact) mass is 338 g/mol. The fourth-order valence-corrected chi connectivity index (χ4v) is 3.48. The highest BCUT2D eigenvalue weighted by Crippen LogP contribution is 2.30. The maximum absolute atomic E-state index is 13.6. The van der Waals surface area contributed by atoms with Crippen LogP contribution in [0.5, 0.6) is 0 Å².